The monoisotopic (exact) mass is 544 g/mol. The molecule has 2 aromatic rings. The van der Waals surface area contributed by atoms with E-state index in [2.05, 4.69) is 10.6 Å². The summed E-state index contributed by atoms with van der Waals surface area (Å²) in [5, 5.41) is 15.1. The highest BCUT2D eigenvalue weighted by atomic mass is 32.2. The van der Waals surface area contributed by atoms with Gasteiger partial charge in [-0.3, -0.25) is 9.59 Å². The molecule has 36 heavy (non-hydrogen) atoms. The minimum atomic E-state index is -4.61. The van der Waals surface area contributed by atoms with Crippen molar-refractivity contribution in [3.05, 3.63) is 59.7 Å². The van der Waals surface area contributed by atoms with Crippen LogP contribution in [0.25, 0.3) is 0 Å². The first kappa shape index (κ1) is 28.0. The average molecular weight is 545 g/mol. The van der Waals surface area contributed by atoms with Crippen LogP contribution in [0.3, 0.4) is 0 Å². The Morgan fingerprint density at radius 3 is 2.44 bits per heavy atom. The first-order valence-electron chi connectivity index (χ1n) is 11.2. The van der Waals surface area contributed by atoms with E-state index in [1.807, 2.05) is 6.26 Å². The maximum atomic E-state index is 13.0. The summed E-state index contributed by atoms with van der Waals surface area (Å²) in [7, 11) is -3.69. The normalized spacial score (nSPS) is 20.5. The number of thioether (sulfide) groups is 1. The zero-order chi connectivity index (χ0) is 26.5. The van der Waals surface area contributed by atoms with Crippen LogP contribution in [0.2, 0.25) is 0 Å². The largest absolute Gasteiger partial charge is 0.416 e. The standard InChI is InChI=1S/C24H27F3N2O5S2/c1-35-19-6-8-20(9-7-19)36(33,34)14-16-12-18(30)5-10-21(16)29-22(31)13-28-23(32)15-3-2-4-17(11-15)24(25,26)27/h2-4,6-9,11,16,18,21,30H,5,10,12-14H2,1H3,(H,28,32)(H,29,31). The Bertz CT molecular complexity index is 1190. The third-order valence-electron chi connectivity index (χ3n) is 6.01. The van der Waals surface area contributed by atoms with Gasteiger partial charge in [0.1, 0.15) is 0 Å². The average Bonchev–Trinajstić information content (AvgIpc) is 2.83. The summed E-state index contributed by atoms with van der Waals surface area (Å²) in [6.07, 6.45) is -2.52. The highest BCUT2D eigenvalue weighted by Gasteiger charge is 2.35. The van der Waals surface area contributed by atoms with Gasteiger partial charge in [-0.15, -0.1) is 11.8 Å². The Morgan fingerprint density at radius 1 is 1.11 bits per heavy atom. The fraction of sp³-hybridized carbons (Fsp3) is 0.417. The van der Waals surface area contributed by atoms with Crippen LogP contribution in [0.5, 0.6) is 0 Å². The number of halogens is 3. The number of aliphatic hydroxyl groups excluding tert-OH is 1. The molecule has 1 aliphatic carbocycles. The van der Waals surface area contributed by atoms with E-state index in [4.69, 9.17) is 0 Å². The van der Waals surface area contributed by atoms with Crippen LogP contribution in [-0.2, 0) is 20.8 Å². The molecule has 1 fully saturated rings. The number of nitrogens with one attached hydrogen (secondary N) is 2. The van der Waals surface area contributed by atoms with Gasteiger partial charge < -0.3 is 15.7 Å². The van der Waals surface area contributed by atoms with Crippen molar-refractivity contribution in [2.75, 3.05) is 18.6 Å². The van der Waals surface area contributed by atoms with Gasteiger partial charge >= 0.3 is 6.18 Å². The summed E-state index contributed by atoms with van der Waals surface area (Å²) in [4.78, 5) is 25.8. The van der Waals surface area contributed by atoms with Crippen LogP contribution >= 0.6 is 11.8 Å². The van der Waals surface area contributed by atoms with E-state index in [-0.39, 0.29) is 22.6 Å². The lowest BCUT2D eigenvalue weighted by atomic mass is 9.84. The molecular weight excluding hydrogens is 517 g/mol. The number of rotatable bonds is 8. The van der Waals surface area contributed by atoms with Gasteiger partial charge in [-0.1, -0.05) is 6.07 Å². The molecule has 12 heteroatoms. The quantitative estimate of drug-likeness (QED) is 0.440. The number of alkyl halides is 3. The molecular formula is C24H27F3N2O5S2. The summed E-state index contributed by atoms with van der Waals surface area (Å²) in [6, 6.07) is 9.76. The summed E-state index contributed by atoms with van der Waals surface area (Å²) >= 11 is 1.48. The molecule has 0 bridgehead atoms. The van der Waals surface area contributed by atoms with Gasteiger partial charge in [0.05, 0.1) is 28.9 Å². The Labute approximate surface area is 211 Å². The first-order valence-corrected chi connectivity index (χ1v) is 14.1. The van der Waals surface area contributed by atoms with Crippen LogP contribution in [0.15, 0.2) is 58.3 Å². The van der Waals surface area contributed by atoms with Crippen molar-refractivity contribution in [3.8, 4) is 0 Å². The lowest BCUT2D eigenvalue weighted by Crippen LogP contribution is -2.49. The minimum Gasteiger partial charge on any atom is -0.393 e. The van der Waals surface area contributed by atoms with E-state index in [1.165, 1.54) is 30.0 Å². The van der Waals surface area contributed by atoms with Crippen LogP contribution < -0.4 is 10.6 Å². The molecule has 0 saturated heterocycles. The molecule has 196 valence electrons. The Hall–Kier alpha value is -2.57. The van der Waals surface area contributed by atoms with Gasteiger partial charge in [0, 0.05) is 16.5 Å². The van der Waals surface area contributed by atoms with E-state index in [0.29, 0.717) is 18.9 Å². The summed E-state index contributed by atoms with van der Waals surface area (Å²) in [5.41, 5.74) is -1.22. The van der Waals surface area contributed by atoms with E-state index >= 15 is 0 Å². The third kappa shape index (κ3) is 7.47. The van der Waals surface area contributed by atoms with E-state index in [1.54, 1.807) is 12.1 Å². The van der Waals surface area contributed by atoms with E-state index in [0.717, 1.165) is 17.0 Å². The van der Waals surface area contributed by atoms with Crippen molar-refractivity contribution in [2.45, 2.75) is 47.4 Å². The number of amides is 2. The number of carbonyl (C=O) groups is 2. The van der Waals surface area contributed by atoms with Crippen molar-refractivity contribution in [2.24, 2.45) is 5.92 Å². The zero-order valence-electron chi connectivity index (χ0n) is 19.4. The second-order valence-corrected chi connectivity index (χ2v) is 11.5. The second kappa shape index (κ2) is 11.7. The fourth-order valence-electron chi connectivity index (χ4n) is 4.13. The lowest BCUT2D eigenvalue weighted by molar-refractivity contribution is -0.137. The maximum Gasteiger partial charge on any atom is 0.416 e. The molecule has 1 saturated carbocycles. The van der Waals surface area contributed by atoms with Crippen LogP contribution in [0.1, 0.15) is 35.2 Å². The zero-order valence-corrected chi connectivity index (χ0v) is 21.0. The molecule has 0 radical (unpaired) electrons. The number of sulfone groups is 1. The molecule has 0 aliphatic heterocycles. The number of carbonyl (C=O) groups excluding carboxylic acids is 2. The van der Waals surface area contributed by atoms with Crippen LogP contribution in [-0.4, -0.2) is 56.0 Å². The molecule has 0 heterocycles. The first-order chi connectivity index (χ1) is 16.9. The predicted octanol–water partition coefficient (Wildman–Crippen LogP) is 3.28. The molecule has 3 atom stereocenters. The molecule has 1 aliphatic rings. The van der Waals surface area contributed by atoms with Gasteiger partial charge in [0.25, 0.3) is 5.91 Å². The van der Waals surface area contributed by atoms with Gasteiger partial charge in [-0.2, -0.15) is 13.2 Å². The van der Waals surface area contributed by atoms with Crippen LogP contribution in [0, 0.1) is 5.92 Å². The molecule has 0 spiro atoms. The molecule has 3 N–H and O–H groups in total. The Morgan fingerprint density at radius 2 is 1.81 bits per heavy atom. The number of hydrogen-bond acceptors (Lipinski definition) is 6. The highest BCUT2D eigenvalue weighted by Crippen LogP contribution is 2.30. The number of hydrogen-bond donors (Lipinski definition) is 3. The molecule has 0 aromatic heterocycles. The maximum absolute atomic E-state index is 13.0. The van der Waals surface area contributed by atoms with E-state index in [9.17, 15) is 36.3 Å². The highest BCUT2D eigenvalue weighted by molar-refractivity contribution is 7.98. The second-order valence-electron chi connectivity index (χ2n) is 8.62. The van der Waals surface area contributed by atoms with Crippen molar-refractivity contribution in [1.29, 1.82) is 0 Å². The minimum absolute atomic E-state index is 0.152. The van der Waals surface area contributed by atoms with Crippen molar-refractivity contribution in [3.63, 3.8) is 0 Å². The van der Waals surface area contributed by atoms with Gasteiger partial charge in [-0.05, 0) is 73.9 Å². The SMILES string of the molecule is CSc1ccc(S(=O)(=O)CC2CC(O)CCC2NC(=O)CNC(=O)c2cccc(C(F)(F)F)c2)cc1. The number of aliphatic hydroxyl groups is 1. The Balaban J connectivity index is 1.62. The fourth-order valence-corrected chi connectivity index (χ4v) is 6.22. The van der Waals surface area contributed by atoms with E-state index < -0.39 is 58.0 Å². The summed E-state index contributed by atoms with van der Waals surface area (Å²) in [5.74, 6) is -2.28. The Kier molecular flexibility index (Phi) is 9.07. The topological polar surface area (TPSA) is 113 Å². The molecule has 3 unspecified atom stereocenters. The molecule has 7 nitrogen and oxygen atoms in total. The molecule has 2 amide bonds. The summed E-state index contributed by atoms with van der Waals surface area (Å²) in [6.45, 7) is -0.496. The lowest BCUT2D eigenvalue weighted by Gasteiger charge is -2.34. The van der Waals surface area contributed by atoms with Crippen molar-refractivity contribution >= 4 is 33.4 Å². The molecule has 3 rings (SSSR count). The van der Waals surface area contributed by atoms with Crippen molar-refractivity contribution < 1.29 is 36.3 Å². The third-order valence-corrected chi connectivity index (χ3v) is 8.62. The van der Waals surface area contributed by atoms with Gasteiger partial charge in [0.2, 0.25) is 5.91 Å². The van der Waals surface area contributed by atoms with Crippen molar-refractivity contribution in [1.82, 2.24) is 10.6 Å². The van der Waals surface area contributed by atoms with Gasteiger partial charge in [-0.25, -0.2) is 8.42 Å². The number of benzene rings is 2. The van der Waals surface area contributed by atoms with Crippen LogP contribution in [0.4, 0.5) is 13.2 Å². The van der Waals surface area contributed by atoms with Gasteiger partial charge in [0.15, 0.2) is 9.84 Å². The molecule has 2 aromatic carbocycles. The smallest absolute Gasteiger partial charge is 0.393 e. The summed E-state index contributed by atoms with van der Waals surface area (Å²) < 4.78 is 64.6. The predicted molar refractivity (Wildman–Crippen MR) is 129 cm³/mol.